The van der Waals surface area contributed by atoms with E-state index in [1.807, 2.05) is 0 Å². The molecule has 1 rings (SSSR count). The lowest BCUT2D eigenvalue weighted by molar-refractivity contribution is -0.111. The summed E-state index contributed by atoms with van der Waals surface area (Å²) < 4.78 is 0. The highest BCUT2D eigenvalue weighted by Gasteiger charge is 2.05. The smallest absolute Gasteiger partial charge is 0.221 e. The predicted molar refractivity (Wildman–Crippen MR) is 65.1 cm³/mol. The summed E-state index contributed by atoms with van der Waals surface area (Å²) in [6.07, 6.45) is 2.10. The molecule has 2 nitrogen and oxygen atoms in total. The molecule has 86 valence electrons. The highest BCUT2D eigenvalue weighted by atomic mass is 35.5. The molecule has 1 aromatic carbocycles. The maximum atomic E-state index is 11.6. The summed E-state index contributed by atoms with van der Waals surface area (Å²) in [6.45, 7) is 0. The van der Waals surface area contributed by atoms with Crippen LogP contribution in [0.15, 0.2) is 24.3 Å². The first-order chi connectivity index (χ1) is 7.59. The van der Waals surface area contributed by atoms with Crippen molar-refractivity contribution in [3.63, 3.8) is 0 Å². The van der Waals surface area contributed by atoms with E-state index in [0.717, 1.165) is 0 Å². The Labute approximate surface area is 105 Å². The molecular weight excluding hydrogens is 247 g/mol. The zero-order chi connectivity index (χ0) is 12.0. The van der Waals surface area contributed by atoms with Crippen LogP contribution in [-0.2, 0) is 4.79 Å². The van der Waals surface area contributed by atoms with Crippen molar-refractivity contribution in [3.05, 3.63) is 34.9 Å². The molecule has 0 N–H and O–H groups in total. The summed E-state index contributed by atoms with van der Waals surface area (Å²) in [7, 11) is 0. The number of hydrogen-bond acceptors (Lipinski definition) is 2. The van der Waals surface area contributed by atoms with Crippen molar-refractivity contribution in [1.29, 1.82) is 0 Å². The minimum atomic E-state index is -0.348. The van der Waals surface area contributed by atoms with Gasteiger partial charge in [0.25, 0.3) is 0 Å². The van der Waals surface area contributed by atoms with Crippen LogP contribution in [0.1, 0.15) is 36.0 Å². The molecule has 1 aromatic rings. The molecule has 0 aliphatic heterocycles. The zero-order valence-electron chi connectivity index (χ0n) is 8.71. The summed E-state index contributed by atoms with van der Waals surface area (Å²) in [6, 6.07) is 6.79. The van der Waals surface area contributed by atoms with E-state index < -0.39 is 0 Å². The number of carbonyl (C=O) groups excluding carboxylic acids is 2. The molecule has 0 atom stereocenters. The maximum Gasteiger partial charge on any atom is 0.221 e. The van der Waals surface area contributed by atoms with Crippen LogP contribution in [0.25, 0.3) is 0 Å². The summed E-state index contributed by atoms with van der Waals surface area (Å²) >= 11 is 10.9. The van der Waals surface area contributed by atoms with E-state index in [9.17, 15) is 9.59 Å². The highest BCUT2D eigenvalue weighted by Crippen LogP contribution is 2.13. The molecule has 0 fully saturated rings. The van der Waals surface area contributed by atoms with E-state index in [4.69, 9.17) is 23.2 Å². The number of unbranched alkanes of at least 4 members (excludes halogenated alkanes) is 1. The summed E-state index contributed by atoms with van der Waals surface area (Å²) in [4.78, 5) is 22.1. The second kappa shape index (κ2) is 6.66. The molecule has 16 heavy (non-hydrogen) atoms. The lowest BCUT2D eigenvalue weighted by Crippen LogP contribution is -1.99. The molecule has 0 unspecified atom stereocenters. The van der Waals surface area contributed by atoms with Gasteiger partial charge in [-0.3, -0.25) is 9.59 Å². The van der Waals surface area contributed by atoms with E-state index in [2.05, 4.69) is 0 Å². The summed E-state index contributed by atoms with van der Waals surface area (Å²) in [5.74, 6) is 0.0682. The van der Waals surface area contributed by atoms with Crippen molar-refractivity contribution in [2.24, 2.45) is 0 Å². The van der Waals surface area contributed by atoms with E-state index in [1.165, 1.54) is 0 Å². The van der Waals surface area contributed by atoms with Gasteiger partial charge in [0.1, 0.15) is 0 Å². The molecule has 0 aliphatic carbocycles. The first-order valence-corrected chi connectivity index (χ1v) is 5.82. The SMILES string of the molecule is O=C(Cl)CCCCC(=O)c1ccc(Cl)cc1. The highest BCUT2D eigenvalue weighted by molar-refractivity contribution is 6.63. The fraction of sp³-hybridized carbons (Fsp3) is 0.333. The van der Waals surface area contributed by atoms with Gasteiger partial charge in [0, 0.05) is 23.4 Å². The molecule has 0 amide bonds. The lowest BCUT2D eigenvalue weighted by atomic mass is 10.1. The molecular formula is C12H12Cl2O2. The fourth-order valence-corrected chi connectivity index (χ4v) is 1.59. The Balaban J connectivity index is 2.35. The minimum Gasteiger partial charge on any atom is -0.294 e. The van der Waals surface area contributed by atoms with Gasteiger partial charge in [-0.05, 0) is 48.7 Å². The number of halogens is 2. The lowest BCUT2D eigenvalue weighted by Gasteiger charge is -2.00. The van der Waals surface area contributed by atoms with Gasteiger partial charge in [0.2, 0.25) is 5.24 Å². The third kappa shape index (κ3) is 4.77. The summed E-state index contributed by atoms with van der Waals surface area (Å²) in [5.41, 5.74) is 0.654. The van der Waals surface area contributed by atoms with Gasteiger partial charge in [0.05, 0.1) is 0 Å². The van der Waals surface area contributed by atoms with Crippen LogP contribution in [0.2, 0.25) is 5.02 Å². The van der Waals surface area contributed by atoms with E-state index in [1.54, 1.807) is 24.3 Å². The van der Waals surface area contributed by atoms with Gasteiger partial charge >= 0.3 is 0 Å². The van der Waals surface area contributed by atoms with Gasteiger partial charge in [-0.2, -0.15) is 0 Å². The quantitative estimate of drug-likeness (QED) is 0.441. The Morgan fingerprint density at radius 2 is 1.56 bits per heavy atom. The molecule has 0 spiro atoms. The van der Waals surface area contributed by atoms with Gasteiger partial charge in [-0.15, -0.1) is 0 Å². The van der Waals surface area contributed by atoms with Gasteiger partial charge in [-0.1, -0.05) is 11.6 Å². The molecule has 0 heterocycles. The Bertz CT molecular complexity index is 371. The zero-order valence-corrected chi connectivity index (χ0v) is 10.2. The van der Waals surface area contributed by atoms with Gasteiger partial charge < -0.3 is 0 Å². The van der Waals surface area contributed by atoms with Crippen LogP contribution in [0.5, 0.6) is 0 Å². The van der Waals surface area contributed by atoms with Gasteiger partial charge in [0.15, 0.2) is 5.78 Å². The average molecular weight is 259 g/mol. The van der Waals surface area contributed by atoms with Crippen LogP contribution >= 0.6 is 23.2 Å². The second-order valence-electron chi connectivity index (χ2n) is 3.49. The summed E-state index contributed by atoms with van der Waals surface area (Å²) in [5, 5.41) is 0.267. The number of rotatable bonds is 6. The Hall–Kier alpha value is -0.860. The van der Waals surface area contributed by atoms with E-state index in [0.29, 0.717) is 36.3 Å². The topological polar surface area (TPSA) is 34.1 Å². The normalized spacial score (nSPS) is 10.1. The molecule has 0 aliphatic rings. The number of hydrogen-bond donors (Lipinski definition) is 0. The Morgan fingerprint density at radius 1 is 1.00 bits per heavy atom. The van der Waals surface area contributed by atoms with Crippen LogP contribution in [-0.4, -0.2) is 11.0 Å². The van der Waals surface area contributed by atoms with Crippen molar-refractivity contribution in [1.82, 2.24) is 0 Å². The van der Waals surface area contributed by atoms with E-state index >= 15 is 0 Å². The first kappa shape index (κ1) is 13.2. The van der Waals surface area contributed by atoms with Crippen LogP contribution < -0.4 is 0 Å². The first-order valence-electron chi connectivity index (χ1n) is 5.06. The molecule has 0 radical (unpaired) electrons. The van der Waals surface area contributed by atoms with Crippen LogP contribution in [0.4, 0.5) is 0 Å². The van der Waals surface area contributed by atoms with Crippen molar-refractivity contribution in [2.75, 3.05) is 0 Å². The largest absolute Gasteiger partial charge is 0.294 e. The Morgan fingerprint density at radius 3 is 2.12 bits per heavy atom. The van der Waals surface area contributed by atoms with Crippen molar-refractivity contribution >= 4 is 34.2 Å². The monoisotopic (exact) mass is 258 g/mol. The molecule has 0 aromatic heterocycles. The third-order valence-electron chi connectivity index (χ3n) is 2.19. The standard InChI is InChI=1S/C12H12Cl2O2/c13-10-7-5-9(6-8-10)11(15)3-1-2-4-12(14)16/h5-8H,1-4H2. The van der Waals surface area contributed by atoms with Crippen molar-refractivity contribution in [2.45, 2.75) is 25.7 Å². The van der Waals surface area contributed by atoms with Gasteiger partial charge in [-0.25, -0.2) is 0 Å². The molecule has 0 bridgehead atoms. The fourth-order valence-electron chi connectivity index (χ4n) is 1.33. The van der Waals surface area contributed by atoms with Crippen molar-refractivity contribution < 1.29 is 9.59 Å². The van der Waals surface area contributed by atoms with E-state index in [-0.39, 0.29) is 11.0 Å². The van der Waals surface area contributed by atoms with Crippen molar-refractivity contribution in [3.8, 4) is 0 Å². The van der Waals surface area contributed by atoms with Crippen LogP contribution in [0.3, 0.4) is 0 Å². The third-order valence-corrected chi connectivity index (χ3v) is 2.63. The number of Topliss-reactive ketones (excluding diaryl/α,β-unsaturated/α-hetero) is 1. The Kier molecular flexibility index (Phi) is 5.50. The molecule has 0 saturated carbocycles. The number of ketones is 1. The van der Waals surface area contributed by atoms with Crippen LogP contribution in [0, 0.1) is 0 Å². The molecule has 0 saturated heterocycles. The number of carbonyl (C=O) groups is 2. The maximum absolute atomic E-state index is 11.6. The second-order valence-corrected chi connectivity index (χ2v) is 4.35. The predicted octanol–water partition coefficient (Wildman–Crippen LogP) is 3.85. The average Bonchev–Trinajstić information content (AvgIpc) is 2.25. The molecule has 4 heteroatoms. The number of benzene rings is 1. The minimum absolute atomic E-state index is 0.0682.